The summed E-state index contributed by atoms with van der Waals surface area (Å²) in [4.78, 5) is 18.1. The van der Waals surface area contributed by atoms with Crippen LogP contribution in [-0.4, -0.2) is 51.8 Å². The van der Waals surface area contributed by atoms with E-state index in [-0.39, 0.29) is 18.7 Å². The van der Waals surface area contributed by atoms with E-state index in [4.69, 9.17) is 5.11 Å². The molecule has 0 saturated carbocycles. The van der Waals surface area contributed by atoms with E-state index in [1.165, 1.54) is 4.90 Å². The zero-order valence-corrected chi connectivity index (χ0v) is 13.4. The van der Waals surface area contributed by atoms with Gasteiger partial charge in [0.15, 0.2) is 0 Å². The van der Waals surface area contributed by atoms with Crippen molar-refractivity contribution >= 4 is 17.1 Å². The number of aryl methyl sites for hydroxylation is 1. The number of likely N-dealkylation sites (N-methyl/N-ethyl adjacent to an activating group) is 1. The Labute approximate surface area is 130 Å². The molecule has 1 aromatic carbocycles. The van der Waals surface area contributed by atoms with Crippen molar-refractivity contribution in [3.05, 3.63) is 30.1 Å². The van der Waals surface area contributed by atoms with Crippen molar-refractivity contribution in [2.24, 2.45) is 0 Å². The second-order valence-corrected chi connectivity index (χ2v) is 5.39. The molecule has 22 heavy (non-hydrogen) atoms. The zero-order valence-electron chi connectivity index (χ0n) is 13.4. The number of nitrogens with one attached hydrogen (secondary N) is 1. The van der Waals surface area contributed by atoms with Gasteiger partial charge in [-0.25, -0.2) is 9.78 Å². The van der Waals surface area contributed by atoms with Crippen molar-refractivity contribution in [3.8, 4) is 0 Å². The van der Waals surface area contributed by atoms with Crippen molar-refractivity contribution < 1.29 is 9.90 Å². The van der Waals surface area contributed by atoms with Crippen molar-refractivity contribution in [1.29, 1.82) is 0 Å². The number of fused-ring (bicyclic) bond motifs is 1. The SMILES string of the molecule is CCn1c(CCNC(=O)N(C)C(C)CO)nc2ccccc21. The number of benzene rings is 1. The minimum absolute atomic E-state index is 0.0461. The molecule has 0 aliphatic carbocycles. The molecule has 2 rings (SSSR count). The molecule has 0 spiro atoms. The molecule has 1 unspecified atom stereocenters. The third-order valence-electron chi connectivity index (χ3n) is 3.92. The molecule has 120 valence electrons. The highest BCUT2D eigenvalue weighted by Crippen LogP contribution is 2.16. The lowest BCUT2D eigenvalue weighted by molar-refractivity contribution is 0.157. The van der Waals surface area contributed by atoms with Crippen LogP contribution in [0.5, 0.6) is 0 Å². The predicted molar refractivity (Wildman–Crippen MR) is 86.8 cm³/mol. The van der Waals surface area contributed by atoms with Gasteiger partial charge in [0.05, 0.1) is 23.7 Å². The van der Waals surface area contributed by atoms with E-state index in [1.54, 1.807) is 14.0 Å². The highest BCUT2D eigenvalue weighted by atomic mass is 16.3. The van der Waals surface area contributed by atoms with Gasteiger partial charge >= 0.3 is 6.03 Å². The third-order valence-corrected chi connectivity index (χ3v) is 3.92. The highest BCUT2D eigenvalue weighted by Gasteiger charge is 2.15. The molecule has 0 bridgehead atoms. The van der Waals surface area contributed by atoms with Gasteiger partial charge < -0.3 is 19.9 Å². The summed E-state index contributed by atoms with van der Waals surface area (Å²) in [5.74, 6) is 0.974. The molecule has 2 aromatic rings. The van der Waals surface area contributed by atoms with E-state index in [9.17, 15) is 4.79 Å². The lowest BCUT2D eigenvalue weighted by atomic mass is 10.3. The van der Waals surface area contributed by atoms with Gasteiger partial charge in [-0.3, -0.25) is 0 Å². The van der Waals surface area contributed by atoms with Gasteiger partial charge in [0, 0.05) is 26.6 Å². The molecule has 1 atom stereocenters. The summed E-state index contributed by atoms with van der Waals surface area (Å²) < 4.78 is 2.17. The lowest BCUT2D eigenvalue weighted by Crippen LogP contribution is -2.44. The van der Waals surface area contributed by atoms with E-state index < -0.39 is 0 Å². The second-order valence-electron chi connectivity index (χ2n) is 5.39. The Morgan fingerprint density at radius 1 is 1.45 bits per heavy atom. The van der Waals surface area contributed by atoms with Gasteiger partial charge in [0.2, 0.25) is 0 Å². The quantitative estimate of drug-likeness (QED) is 0.852. The molecule has 0 aliphatic rings. The summed E-state index contributed by atoms with van der Waals surface area (Å²) in [6, 6.07) is 7.67. The summed E-state index contributed by atoms with van der Waals surface area (Å²) in [7, 11) is 1.68. The van der Waals surface area contributed by atoms with Gasteiger partial charge in [-0.1, -0.05) is 12.1 Å². The fourth-order valence-corrected chi connectivity index (χ4v) is 2.40. The molecule has 0 fully saturated rings. The number of aliphatic hydroxyl groups excluding tert-OH is 1. The molecule has 6 nitrogen and oxygen atoms in total. The fourth-order valence-electron chi connectivity index (χ4n) is 2.40. The number of hydrogen-bond donors (Lipinski definition) is 2. The first kappa shape index (κ1) is 16.3. The Morgan fingerprint density at radius 2 is 2.18 bits per heavy atom. The number of carbonyl (C=O) groups excluding carboxylic acids is 1. The number of aromatic nitrogens is 2. The standard InChI is InChI=1S/C16H24N4O2/c1-4-20-14-8-6-5-7-13(14)18-15(20)9-10-17-16(22)19(3)12(2)11-21/h5-8,12,21H,4,9-11H2,1-3H3,(H,17,22). The van der Waals surface area contributed by atoms with Crippen LogP contribution < -0.4 is 5.32 Å². The summed E-state index contributed by atoms with van der Waals surface area (Å²) in [6.45, 7) is 5.22. The van der Waals surface area contributed by atoms with Gasteiger partial charge in [-0.15, -0.1) is 0 Å². The molecule has 2 N–H and O–H groups in total. The van der Waals surface area contributed by atoms with Gasteiger partial charge in [0.1, 0.15) is 5.82 Å². The number of imidazole rings is 1. The van der Waals surface area contributed by atoms with Crippen LogP contribution in [0, 0.1) is 0 Å². The number of aliphatic hydroxyl groups is 1. The first-order valence-electron chi connectivity index (χ1n) is 7.64. The minimum atomic E-state index is -0.194. The van der Waals surface area contributed by atoms with Gasteiger partial charge in [-0.05, 0) is 26.0 Å². The van der Waals surface area contributed by atoms with E-state index in [0.29, 0.717) is 13.0 Å². The van der Waals surface area contributed by atoms with Crippen LogP contribution in [0.4, 0.5) is 4.79 Å². The van der Waals surface area contributed by atoms with Crippen molar-refractivity contribution in [3.63, 3.8) is 0 Å². The lowest BCUT2D eigenvalue weighted by Gasteiger charge is -2.23. The van der Waals surface area contributed by atoms with Crippen molar-refractivity contribution in [1.82, 2.24) is 19.8 Å². The maximum atomic E-state index is 11.9. The van der Waals surface area contributed by atoms with E-state index in [2.05, 4.69) is 27.9 Å². The first-order valence-corrected chi connectivity index (χ1v) is 7.64. The number of hydrogen-bond acceptors (Lipinski definition) is 3. The van der Waals surface area contributed by atoms with Crippen LogP contribution in [0.15, 0.2) is 24.3 Å². The molecule has 2 amide bonds. The number of nitrogens with zero attached hydrogens (tertiary/aromatic N) is 3. The number of rotatable bonds is 6. The monoisotopic (exact) mass is 304 g/mol. The van der Waals surface area contributed by atoms with Crippen LogP contribution in [0.2, 0.25) is 0 Å². The molecule has 0 radical (unpaired) electrons. The molecular formula is C16H24N4O2. The molecule has 0 aliphatic heterocycles. The Hall–Kier alpha value is -2.08. The Morgan fingerprint density at radius 3 is 2.86 bits per heavy atom. The summed E-state index contributed by atoms with van der Waals surface area (Å²) >= 11 is 0. The number of urea groups is 1. The fraction of sp³-hybridized carbons (Fsp3) is 0.500. The van der Waals surface area contributed by atoms with E-state index in [0.717, 1.165) is 23.4 Å². The van der Waals surface area contributed by atoms with Gasteiger partial charge in [0.25, 0.3) is 0 Å². The minimum Gasteiger partial charge on any atom is -0.394 e. The van der Waals surface area contributed by atoms with Crippen LogP contribution in [0.3, 0.4) is 0 Å². The highest BCUT2D eigenvalue weighted by molar-refractivity contribution is 5.76. The van der Waals surface area contributed by atoms with Crippen LogP contribution in [0.1, 0.15) is 19.7 Å². The molecule has 1 aromatic heterocycles. The molecule has 0 saturated heterocycles. The van der Waals surface area contributed by atoms with E-state index >= 15 is 0 Å². The summed E-state index contributed by atoms with van der Waals surface area (Å²) in [5.41, 5.74) is 2.11. The van der Waals surface area contributed by atoms with Crippen LogP contribution in [0.25, 0.3) is 11.0 Å². The first-order chi connectivity index (χ1) is 10.6. The summed E-state index contributed by atoms with van der Waals surface area (Å²) in [5, 5.41) is 11.9. The molecule has 1 heterocycles. The van der Waals surface area contributed by atoms with Gasteiger partial charge in [-0.2, -0.15) is 0 Å². The predicted octanol–water partition coefficient (Wildman–Crippen LogP) is 1.62. The number of carbonyl (C=O) groups is 1. The van der Waals surface area contributed by atoms with Crippen LogP contribution >= 0.6 is 0 Å². The molecular weight excluding hydrogens is 280 g/mol. The number of amides is 2. The smallest absolute Gasteiger partial charge is 0.317 e. The maximum absolute atomic E-state index is 11.9. The normalized spacial score (nSPS) is 12.4. The Bertz CT molecular complexity index is 638. The Balaban J connectivity index is 1.99. The van der Waals surface area contributed by atoms with Crippen LogP contribution in [-0.2, 0) is 13.0 Å². The van der Waals surface area contributed by atoms with Crippen molar-refractivity contribution in [2.45, 2.75) is 32.9 Å². The average Bonchev–Trinajstić information content (AvgIpc) is 2.90. The third kappa shape index (κ3) is 3.39. The second kappa shape index (κ2) is 7.26. The van der Waals surface area contributed by atoms with E-state index in [1.807, 2.05) is 18.2 Å². The zero-order chi connectivity index (χ0) is 16.1. The maximum Gasteiger partial charge on any atom is 0.317 e. The summed E-state index contributed by atoms with van der Waals surface area (Å²) in [6.07, 6.45) is 0.676. The number of para-hydroxylation sites is 2. The molecule has 6 heteroatoms. The average molecular weight is 304 g/mol. The van der Waals surface area contributed by atoms with Crippen molar-refractivity contribution in [2.75, 3.05) is 20.2 Å². The topological polar surface area (TPSA) is 70.4 Å². The Kier molecular flexibility index (Phi) is 5.38. The largest absolute Gasteiger partial charge is 0.394 e.